The van der Waals surface area contributed by atoms with Gasteiger partial charge in [-0.25, -0.2) is 4.98 Å². The number of nitrogens with one attached hydrogen (secondary N) is 2. The van der Waals surface area contributed by atoms with E-state index in [0.29, 0.717) is 6.04 Å². The molecule has 28 heavy (non-hydrogen) atoms. The van der Waals surface area contributed by atoms with Crippen LogP contribution in [0.5, 0.6) is 5.75 Å². The molecule has 1 saturated heterocycles. The summed E-state index contributed by atoms with van der Waals surface area (Å²) in [7, 11) is 3.49. The highest BCUT2D eigenvalue weighted by molar-refractivity contribution is 14.0. The summed E-state index contributed by atoms with van der Waals surface area (Å²) < 4.78 is 5.49. The third kappa shape index (κ3) is 6.12. The van der Waals surface area contributed by atoms with Gasteiger partial charge in [-0.3, -0.25) is 4.99 Å². The van der Waals surface area contributed by atoms with Gasteiger partial charge in [-0.2, -0.15) is 0 Å². The average Bonchev–Trinajstić information content (AvgIpc) is 3.30. The van der Waals surface area contributed by atoms with E-state index in [1.54, 1.807) is 25.5 Å². The molecule has 0 spiro atoms. The van der Waals surface area contributed by atoms with Gasteiger partial charge in [0.2, 0.25) is 0 Å². The number of hydrogen-bond donors (Lipinski definition) is 2. The molecule has 0 radical (unpaired) electrons. The van der Waals surface area contributed by atoms with Crippen LogP contribution in [0, 0.1) is 6.92 Å². The van der Waals surface area contributed by atoms with Crippen LogP contribution in [0.3, 0.4) is 0 Å². The largest absolute Gasteiger partial charge is 0.495 e. The topological polar surface area (TPSA) is 61.8 Å². The highest BCUT2D eigenvalue weighted by Crippen LogP contribution is 2.33. The van der Waals surface area contributed by atoms with Gasteiger partial charge in [0.05, 0.1) is 23.5 Å². The number of benzene rings is 1. The molecule has 2 N–H and O–H groups in total. The van der Waals surface area contributed by atoms with Gasteiger partial charge in [0, 0.05) is 49.5 Å². The van der Waals surface area contributed by atoms with Crippen molar-refractivity contribution in [3.63, 3.8) is 0 Å². The minimum absolute atomic E-state index is 0. The van der Waals surface area contributed by atoms with Crippen LogP contribution in [-0.4, -0.2) is 50.8 Å². The molecule has 1 aromatic heterocycles. The van der Waals surface area contributed by atoms with E-state index in [1.165, 1.54) is 0 Å². The summed E-state index contributed by atoms with van der Waals surface area (Å²) in [6, 6.07) is 6.05. The van der Waals surface area contributed by atoms with Crippen LogP contribution < -0.4 is 20.3 Å². The summed E-state index contributed by atoms with van der Waals surface area (Å²) in [4.78, 5) is 11.1. The Morgan fingerprint density at radius 2 is 2.29 bits per heavy atom. The van der Waals surface area contributed by atoms with Crippen molar-refractivity contribution in [3.05, 3.63) is 39.3 Å². The number of aromatic nitrogens is 1. The van der Waals surface area contributed by atoms with Crippen LogP contribution in [0.1, 0.15) is 17.1 Å². The lowest BCUT2D eigenvalue weighted by atomic mass is 10.2. The van der Waals surface area contributed by atoms with Crippen molar-refractivity contribution in [1.82, 2.24) is 15.6 Å². The highest BCUT2D eigenvalue weighted by atomic mass is 127. The lowest BCUT2D eigenvalue weighted by Gasteiger charge is -2.22. The molecule has 1 fully saturated rings. The SMILES string of the molecule is CN=C(NCCc1csc(C)n1)NC1CCN(c2cc(Cl)ccc2OC)C1.I. The van der Waals surface area contributed by atoms with Crippen molar-refractivity contribution in [1.29, 1.82) is 0 Å². The molecule has 9 heteroatoms. The third-order valence-corrected chi connectivity index (χ3v) is 5.63. The molecule has 6 nitrogen and oxygen atoms in total. The number of thiazole rings is 1. The standard InChI is InChI=1S/C19H26ClN5OS.HI/c1-13-23-16(12-27-13)6-8-22-19(21-2)24-15-7-9-25(11-15)17-10-14(20)4-5-18(17)26-3;/h4-5,10,12,15H,6-9,11H2,1-3H3,(H2,21,22,24);1H. The monoisotopic (exact) mass is 535 g/mol. The summed E-state index contributed by atoms with van der Waals surface area (Å²) in [5, 5.41) is 10.8. The molecule has 0 amide bonds. The molecule has 0 bridgehead atoms. The Morgan fingerprint density at radius 1 is 1.46 bits per heavy atom. The van der Waals surface area contributed by atoms with E-state index in [4.69, 9.17) is 16.3 Å². The fourth-order valence-electron chi connectivity index (χ4n) is 3.23. The van der Waals surface area contributed by atoms with Crippen LogP contribution in [0.4, 0.5) is 5.69 Å². The number of guanidine groups is 1. The molecule has 1 aromatic carbocycles. The lowest BCUT2D eigenvalue weighted by molar-refractivity contribution is 0.415. The maximum atomic E-state index is 6.17. The highest BCUT2D eigenvalue weighted by Gasteiger charge is 2.25. The summed E-state index contributed by atoms with van der Waals surface area (Å²) in [5.74, 6) is 1.67. The Hall–Kier alpha value is -1.26. The van der Waals surface area contributed by atoms with Gasteiger partial charge in [0.25, 0.3) is 0 Å². The second kappa shape index (κ2) is 11.1. The zero-order valence-corrected chi connectivity index (χ0v) is 20.3. The molecule has 2 aromatic rings. The Balaban J connectivity index is 0.00000280. The second-order valence-electron chi connectivity index (χ2n) is 6.50. The van der Waals surface area contributed by atoms with Crippen molar-refractivity contribution in [2.75, 3.05) is 38.7 Å². The van der Waals surface area contributed by atoms with E-state index in [1.807, 2.05) is 25.1 Å². The van der Waals surface area contributed by atoms with E-state index < -0.39 is 0 Å². The summed E-state index contributed by atoms with van der Waals surface area (Å²) in [6.45, 7) is 4.66. The first-order valence-corrected chi connectivity index (χ1v) is 10.3. The molecule has 154 valence electrons. The summed E-state index contributed by atoms with van der Waals surface area (Å²) >= 11 is 7.86. The van der Waals surface area contributed by atoms with Crippen molar-refractivity contribution in [2.45, 2.75) is 25.8 Å². The number of rotatable bonds is 6. The van der Waals surface area contributed by atoms with Gasteiger partial charge in [0.15, 0.2) is 5.96 Å². The molecule has 0 saturated carbocycles. The zero-order chi connectivity index (χ0) is 19.2. The first kappa shape index (κ1) is 23.0. The lowest BCUT2D eigenvalue weighted by Crippen LogP contribution is -2.45. The van der Waals surface area contributed by atoms with E-state index in [9.17, 15) is 0 Å². The van der Waals surface area contributed by atoms with E-state index in [2.05, 4.69) is 30.9 Å². The number of hydrogen-bond acceptors (Lipinski definition) is 5. The first-order valence-electron chi connectivity index (χ1n) is 9.05. The minimum atomic E-state index is 0. The smallest absolute Gasteiger partial charge is 0.191 e. The van der Waals surface area contributed by atoms with Gasteiger partial charge in [-0.15, -0.1) is 35.3 Å². The Bertz CT molecular complexity index is 800. The fraction of sp³-hybridized carbons (Fsp3) is 0.474. The van der Waals surface area contributed by atoms with Crippen molar-refractivity contribution in [3.8, 4) is 5.75 Å². The zero-order valence-electron chi connectivity index (χ0n) is 16.4. The van der Waals surface area contributed by atoms with Crippen molar-refractivity contribution in [2.24, 2.45) is 4.99 Å². The number of nitrogens with zero attached hydrogens (tertiary/aromatic N) is 3. The fourth-order valence-corrected chi connectivity index (χ4v) is 4.04. The molecule has 1 aliphatic heterocycles. The maximum Gasteiger partial charge on any atom is 0.191 e. The molecular weight excluding hydrogens is 509 g/mol. The molecule has 2 heterocycles. The first-order chi connectivity index (χ1) is 13.1. The number of aryl methyl sites for hydroxylation is 1. The van der Waals surface area contributed by atoms with Crippen LogP contribution in [0.25, 0.3) is 0 Å². The van der Waals surface area contributed by atoms with Gasteiger partial charge < -0.3 is 20.3 Å². The van der Waals surface area contributed by atoms with Gasteiger partial charge in [-0.05, 0) is 31.5 Å². The number of anilines is 1. The second-order valence-corrected chi connectivity index (χ2v) is 8.00. The normalized spacial score (nSPS) is 16.6. The molecule has 1 atom stereocenters. The summed E-state index contributed by atoms with van der Waals surface area (Å²) in [6.07, 6.45) is 1.92. The van der Waals surface area contributed by atoms with Gasteiger partial charge in [-0.1, -0.05) is 11.6 Å². The van der Waals surface area contributed by atoms with E-state index >= 15 is 0 Å². The molecule has 1 aliphatic rings. The number of methoxy groups -OCH3 is 1. The van der Waals surface area contributed by atoms with E-state index in [-0.39, 0.29) is 24.0 Å². The average molecular weight is 536 g/mol. The van der Waals surface area contributed by atoms with Crippen LogP contribution in [0.15, 0.2) is 28.6 Å². The number of halogens is 2. The molecule has 0 aliphatic carbocycles. The third-order valence-electron chi connectivity index (χ3n) is 4.57. The predicted molar refractivity (Wildman–Crippen MR) is 129 cm³/mol. The Kier molecular flexibility index (Phi) is 9.10. The predicted octanol–water partition coefficient (Wildman–Crippen LogP) is 3.72. The van der Waals surface area contributed by atoms with E-state index in [0.717, 1.165) is 65.6 Å². The maximum absolute atomic E-state index is 6.17. The van der Waals surface area contributed by atoms with Gasteiger partial charge >= 0.3 is 0 Å². The van der Waals surface area contributed by atoms with Crippen LogP contribution >= 0.6 is 46.9 Å². The molecule has 3 rings (SSSR count). The number of ether oxygens (including phenoxy) is 1. The molecule has 1 unspecified atom stereocenters. The van der Waals surface area contributed by atoms with Crippen molar-refractivity contribution >= 4 is 58.6 Å². The van der Waals surface area contributed by atoms with Crippen LogP contribution in [0.2, 0.25) is 5.02 Å². The Labute approximate surface area is 192 Å². The van der Waals surface area contributed by atoms with Crippen LogP contribution in [-0.2, 0) is 6.42 Å². The summed E-state index contributed by atoms with van der Waals surface area (Å²) in [5.41, 5.74) is 2.16. The minimum Gasteiger partial charge on any atom is -0.495 e. The van der Waals surface area contributed by atoms with Crippen molar-refractivity contribution < 1.29 is 4.74 Å². The Morgan fingerprint density at radius 3 is 2.96 bits per heavy atom. The quantitative estimate of drug-likeness (QED) is 0.335. The molecular formula is C19H27ClIN5OS. The number of aliphatic imine (C=N–C) groups is 1. The van der Waals surface area contributed by atoms with Gasteiger partial charge in [0.1, 0.15) is 5.75 Å².